The summed E-state index contributed by atoms with van der Waals surface area (Å²) in [6.07, 6.45) is 3.81. The van der Waals surface area contributed by atoms with E-state index in [4.69, 9.17) is 0 Å². The maximum atomic E-state index is 12.0. The van der Waals surface area contributed by atoms with Gasteiger partial charge in [0.2, 0.25) is 0 Å². The number of carbonyl (C=O) groups is 1. The van der Waals surface area contributed by atoms with Crippen LogP contribution in [0.4, 0.5) is 0 Å². The Labute approximate surface area is 183 Å². The second kappa shape index (κ2) is 11.0. The average Bonchev–Trinajstić information content (AvgIpc) is 3.23. The van der Waals surface area contributed by atoms with Crippen molar-refractivity contribution in [2.75, 3.05) is 20.6 Å². The molecule has 0 fully saturated rings. The SMILES string of the molecule is CCNC(=NCc1ccc(C(=O)N(C)C)cc1)NCc1nccn1Cc1ccccc1. The van der Waals surface area contributed by atoms with Crippen LogP contribution in [0.25, 0.3) is 0 Å². The first-order chi connectivity index (χ1) is 15.1. The molecule has 0 aliphatic heterocycles. The van der Waals surface area contributed by atoms with Gasteiger partial charge in [0, 0.05) is 45.1 Å². The monoisotopic (exact) mass is 418 g/mol. The van der Waals surface area contributed by atoms with Crippen LogP contribution < -0.4 is 10.6 Å². The molecule has 7 nitrogen and oxygen atoms in total. The van der Waals surface area contributed by atoms with Gasteiger partial charge in [-0.3, -0.25) is 4.79 Å². The lowest BCUT2D eigenvalue weighted by Crippen LogP contribution is -2.37. The minimum atomic E-state index is -0.00365. The maximum Gasteiger partial charge on any atom is 0.253 e. The first kappa shape index (κ1) is 22.1. The zero-order valence-corrected chi connectivity index (χ0v) is 18.4. The van der Waals surface area contributed by atoms with E-state index >= 15 is 0 Å². The molecule has 0 atom stereocenters. The molecule has 1 amide bonds. The Bertz CT molecular complexity index is 992. The van der Waals surface area contributed by atoms with Crippen LogP contribution in [0.1, 0.15) is 34.2 Å². The van der Waals surface area contributed by atoms with E-state index in [-0.39, 0.29) is 5.91 Å². The summed E-state index contributed by atoms with van der Waals surface area (Å²) in [6.45, 7) is 4.67. The van der Waals surface area contributed by atoms with Gasteiger partial charge in [0.15, 0.2) is 5.96 Å². The third-order valence-electron chi connectivity index (χ3n) is 4.78. The van der Waals surface area contributed by atoms with Crippen LogP contribution in [-0.2, 0) is 19.6 Å². The number of benzene rings is 2. The van der Waals surface area contributed by atoms with E-state index in [0.29, 0.717) is 18.7 Å². The molecular weight excluding hydrogens is 388 g/mol. The summed E-state index contributed by atoms with van der Waals surface area (Å²) < 4.78 is 2.13. The molecule has 2 N–H and O–H groups in total. The van der Waals surface area contributed by atoms with Gasteiger partial charge in [0.25, 0.3) is 5.91 Å². The van der Waals surface area contributed by atoms with E-state index in [1.807, 2.05) is 61.8 Å². The number of nitrogens with one attached hydrogen (secondary N) is 2. The Balaban J connectivity index is 1.61. The van der Waals surface area contributed by atoms with Crippen LogP contribution in [-0.4, -0.2) is 47.0 Å². The van der Waals surface area contributed by atoms with Gasteiger partial charge in [0.1, 0.15) is 5.82 Å². The smallest absolute Gasteiger partial charge is 0.253 e. The Hall–Kier alpha value is -3.61. The fraction of sp³-hybridized carbons (Fsp3) is 0.292. The number of aromatic nitrogens is 2. The van der Waals surface area contributed by atoms with Crippen LogP contribution in [0.3, 0.4) is 0 Å². The standard InChI is InChI=1S/C24H30N6O/c1-4-25-24(27-16-19-10-12-21(13-11-19)23(31)29(2)3)28-17-22-26-14-15-30(22)18-20-8-6-5-7-9-20/h5-15H,4,16-18H2,1-3H3,(H2,25,27,28). The van der Waals surface area contributed by atoms with E-state index in [9.17, 15) is 4.79 Å². The Morgan fingerprint density at radius 2 is 1.77 bits per heavy atom. The Kier molecular flexibility index (Phi) is 7.81. The first-order valence-electron chi connectivity index (χ1n) is 10.4. The second-order valence-corrected chi connectivity index (χ2v) is 7.40. The van der Waals surface area contributed by atoms with Gasteiger partial charge in [-0.15, -0.1) is 0 Å². The maximum absolute atomic E-state index is 12.0. The number of imidazole rings is 1. The molecule has 0 bridgehead atoms. The van der Waals surface area contributed by atoms with Crippen LogP contribution in [0.2, 0.25) is 0 Å². The highest BCUT2D eigenvalue weighted by Crippen LogP contribution is 2.08. The zero-order valence-electron chi connectivity index (χ0n) is 18.4. The molecule has 0 saturated carbocycles. The van der Waals surface area contributed by atoms with Crippen molar-refractivity contribution in [3.05, 3.63) is 89.5 Å². The topological polar surface area (TPSA) is 74.6 Å². The number of guanidine groups is 1. The summed E-state index contributed by atoms with van der Waals surface area (Å²) in [5, 5.41) is 6.63. The summed E-state index contributed by atoms with van der Waals surface area (Å²) in [5.41, 5.74) is 2.95. The van der Waals surface area contributed by atoms with Gasteiger partial charge in [-0.05, 0) is 30.2 Å². The van der Waals surface area contributed by atoms with E-state index < -0.39 is 0 Å². The molecule has 31 heavy (non-hydrogen) atoms. The van der Waals surface area contributed by atoms with Gasteiger partial charge in [0.05, 0.1) is 13.1 Å². The molecule has 0 saturated heterocycles. The molecule has 1 heterocycles. The van der Waals surface area contributed by atoms with Gasteiger partial charge >= 0.3 is 0 Å². The molecule has 0 aliphatic rings. The average molecular weight is 419 g/mol. The van der Waals surface area contributed by atoms with Gasteiger partial charge in [-0.2, -0.15) is 0 Å². The lowest BCUT2D eigenvalue weighted by molar-refractivity contribution is 0.0827. The minimum absolute atomic E-state index is 0.00365. The van der Waals surface area contributed by atoms with E-state index in [1.165, 1.54) is 5.56 Å². The lowest BCUT2D eigenvalue weighted by Gasteiger charge is -2.13. The summed E-state index contributed by atoms with van der Waals surface area (Å²) >= 11 is 0. The number of rotatable bonds is 8. The highest BCUT2D eigenvalue weighted by atomic mass is 16.2. The van der Waals surface area contributed by atoms with Crippen molar-refractivity contribution >= 4 is 11.9 Å². The lowest BCUT2D eigenvalue weighted by atomic mass is 10.1. The molecule has 0 radical (unpaired) electrons. The zero-order chi connectivity index (χ0) is 22.1. The van der Waals surface area contributed by atoms with Crippen LogP contribution in [0, 0.1) is 0 Å². The molecule has 0 spiro atoms. The number of hydrogen-bond donors (Lipinski definition) is 2. The van der Waals surface area contributed by atoms with Crippen molar-refractivity contribution < 1.29 is 4.79 Å². The summed E-state index contributed by atoms with van der Waals surface area (Å²) in [6, 6.07) is 17.9. The van der Waals surface area contributed by atoms with Crippen molar-refractivity contribution in [1.29, 1.82) is 0 Å². The van der Waals surface area contributed by atoms with Crippen LogP contribution in [0.15, 0.2) is 72.0 Å². The highest BCUT2D eigenvalue weighted by Gasteiger charge is 2.08. The third kappa shape index (κ3) is 6.44. The van der Waals surface area contributed by atoms with Crippen molar-refractivity contribution in [1.82, 2.24) is 25.1 Å². The summed E-state index contributed by atoms with van der Waals surface area (Å²) in [4.78, 5) is 22.7. The van der Waals surface area contributed by atoms with E-state index in [2.05, 4.69) is 37.3 Å². The van der Waals surface area contributed by atoms with Crippen LogP contribution in [0.5, 0.6) is 0 Å². The fourth-order valence-electron chi connectivity index (χ4n) is 3.12. The molecule has 162 valence electrons. The number of carbonyl (C=O) groups excluding carboxylic acids is 1. The van der Waals surface area contributed by atoms with Gasteiger partial charge in [-0.25, -0.2) is 9.98 Å². The van der Waals surface area contributed by atoms with E-state index in [1.54, 1.807) is 19.0 Å². The predicted molar refractivity (Wildman–Crippen MR) is 124 cm³/mol. The van der Waals surface area contributed by atoms with Crippen molar-refractivity contribution in [2.45, 2.75) is 26.6 Å². The van der Waals surface area contributed by atoms with Crippen molar-refractivity contribution in [2.24, 2.45) is 4.99 Å². The van der Waals surface area contributed by atoms with Gasteiger partial charge in [-0.1, -0.05) is 42.5 Å². The normalized spacial score (nSPS) is 11.3. The molecule has 7 heteroatoms. The third-order valence-corrected chi connectivity index (χ3v) is 4.78. The highest BCUT2D eigenvalue weighted by molar-refractivity contribution is 5.93. The van der Waals surface area contributed by atoms with Crippen molar-refractivity contribution in [3.63, 3.8) is 0 Å². The summed E-state index contributed by atoms with van der Waals surface area (Å²) in [5.74, 6) is 1.67. The Morgan fingerprint density at radius 1 is 1.03 bits per heavy atom. The first-order valence-corrected chi connectivity index (χ1v) is 10.4. The number of aliphatic imine (C=N–C) groups is 1. The van der Waals surface area contributed by atoms with Crippen molar-refractivity contribution in [3.8, 4) is 0 Å². The number of hydrogen-bond acceptors (Lipinski definition) is 3. The van der Waals surface area contributed by atoms with Crippen LogP contribution >= 0.6 is 0 Å². The minimum Gasteiger partial charge on any atom is -0.357 e. The Morgan fingerprint density at radius 3 is 2.45 bits per heavy atom. The summed E-state index contributed by atoms with van der Waals surface area (Å²) in [7, 11) is 3.50. The largest absolute Gasteiger partial charge is 0.357 e. The fourth-order valence-corrected chi connectivity index (χ4v) is 3.12. The second-order valence-electron chi connectivity index (χ2n) is 7.40. The molecular formula is C24H30N6O. The number of nitrogens with zero attached hydrogens (tertiary/aromatic N) is 4. The molecule has 2 aromatic carbocycles. The quantitative estimate of drug-likeness (QED) is 0.436. The predicted octanol–water partition coefficient (Wildman–Crippen LogP) is 2.89. The number of amides is 1. The molecule has 0 unspecified atom stereocenters. The molecule has 0 aliphatic carbocycles. The molecule has 1 aromatic heterocycles. The van der Waals surface area contributed by atoms with E-state index in [0.717, 1.165) is 30.4 Å². The molecule has 3 aromatic rings. The molecule has 3 rings (SSSR count). The van der Waals surface area contributed by atoms with Gasteiger partial charge < -0.3 is 20.1 Å².